The highest BCUT2D eigenvalue weighted by atomic mass is 32.2. The standard InChI is InChI=1S/C17H27N3O5S/c1-4-5-7-20(13-6-8-26(23,24)11-13)15(21)10-25-17(22)14-9-18-19-16(14)12(2)3/h9,12-13H,4-8,10-11H2,1-3H3,(H,18,19). The van der Waals surface area contributed by atoms with Crippen molar-refractivity contribution in [1.29, 1.82) is 0 Å². The van der Waals surface area contributed by atoms with E-state index >= 15 is 0 Å². The molecule has 146 valence electrons. The molecule has 1 amide bonds. The van der Waals surface area contributed by atoms with E-state index in [9.17, 15) is 18.0 Å². The van der Waals surface area contributed by atoms with Crippen LogP contribution < -0.4 is 0 Å². The molecule has 0 radical (unpaired) electrons. The van der Waals surface area contributed by atoms with Gasteiger partial charge in [-0.2, -0.15) is 5.10 Å². The van der Waals surface area contributed by atoms with Crippen molar-refractivity contribution in [2.45, 2.75) is 52.0 Å². The Morgan fingerprint density at radius 1 is 1.42 bits per heavy atom. The quantitative estimate of drug-likeness (QED) is 0.679. The summed E-state index contributed by atoms with van der Waals surface area (Å²) >= 11 is 0. The van der Waals surface area contributed by atoms with Crippen molar-refractivity contribution >= 4 is 21.7 Å². The van der Waals surface area contributed by atoms with Gasteiger partial charge in [0.05, 0.1) is 23.4 Å². The van der Waals surface area contributed by atoms with Crippen molar-refractivity contribution in [2.75, 3.05) is 24.7 Å². The van der Waals surface area contributed by atoms with Crippen LogP contribution in [-0.2, 0) is 19.4 Å². The molecule has 8 nitrogen and oxygen atoms in total. The molecule has 1 saturated heterocycles. The number of rotatable bonds is 8. The van der Waals surface area contributed by atoms with Crippen LogP contribution in [0.3, 0.4) is 0 Å². The normalized spacial score (nSPS) is 18.8. The molecule has 1 unspecified atom stereocenters. The predicted molar refractivity (Wildman–Crippen MR) is 96.6 cm³/mol. The highest BCUT2D eigenvalue weighted by molar-refractivity contribution is 7.91. The molecule has 1 N–H and O–H groups in total. The van der Waals surface area contributed by atoms with Gasteiger partial charge in [-0.05, 0) is 18.8 Å². The van der Waals surface area contributed by atoms with Crippen molar-refractivity contribution in [1.82, 2.24) is 15.1 Å². The molecule has 1 aliphatic heterocycles. The fraction of sp³-hybridized carbons (Fsp3) is 0.706. The lowest BCUT2D eigenvalue weighted by molar-refractivity contribution is -0.136. The van der Waals surface area contributed by atoms with Crippen LogP contribution in [0.2, 0.25) is 0 Å². The Labute approximate surface area is 154 Å². The summed E-state index contributed by atoms with van der Waals surface area (Å²) in [4.78, 5) is 26.4. The first-order chi connectivity index (χ1) is 12.2. The van der Waals surface area contributed by atoms with Gasteiger partial charge in [0.25, 0.3) is 5.91 Å². The van der Waals surface area contributed by atoms with Crippen LogP contribution in [0.1, 0.15) is 62.0 Å². The fourth-order valence-electron chi connectivity index (χ4n) is 3.05. The molecule has 1 aromatic rings. The molecular formula is C17H27N3O5S. The van der Waals surface area contributed by atoms with E-state index in [-0.39, 0.29) is 29.4 Å². The molecule has 2 heterocycles. The summed E-state index contributed by atoms with van der Waals surface area (Å²) in [6.07, 6.45) is 3.48. The molecule has 1 atom stereocenters. The zero-order valence-corrected chi connectivity index (χ0v) is 16.3. The van der Waals surface area contributed by atoms with E-state index in [1.165, 1.54) is 6.20 Å². The Morgan fingerprint density at radius 2 is 2.15 bits per heavy atom. The number of aromatic nitrogens is 2. The number of amides is 1. The number of hydrogen-bond acceptors (Lipinski definition) is 6. The predicted octanol–water partition coefficient (Wildman–Crippen LogP) is 1.51. The van der Waals surface area contributed by atoms with Crippen molar-refractivity contribution in [3.63, 3.8) is 0 Å². The number of carbonyl (C=O) groups is 2. The molecule has 0 bridgehead atoms. The number of hydrogen-bond donors (Lipinski definition) is 1. The molecule has 9 heteroatoms. The fourth-order valence-corrected chi connectivity index (χ4v) is 4.78. The summed E-state index contributed by atoms with van der Waals surface area (Å²) in [5.74, 6) is -0.815. The number of nitrogens with one attached hydrogen (secondary N) is 1. The smallest absolute Gasteiger partial charge is 0.342 e. The number of unbranched alkanes of at least 4 members (excludes halogenated alkanes) is 1. The average Bonchev–Trinajstić information content (AvgIpc) is 3.19. The molecule has 26 heavy (non-hydrogen) atoms. The van der Waals surface area contributed by atoms with E-state index in [2.05, 4.69) is 10.2 Å². The minimum Gasteiger partial charge on any atom is -0.452 e. The van der Waals surface area contributed by atoms with Gasteiger partial charge in [0.2, 0.25) is 0 Å². The van der Waals surface area contributed by atoms with Gasteiger partial charge in [0.15, 0.2) is 16.4 Å². The topological polar surface area (TPSA) is 109 Å². The number of carbonyl (C=O) groups excluding carboxylic acids is 2. The van der Waals surface area contributed by atoms with Crippen LogP contribution in [0, 0.1) is 0 Å². The number of sulfone groups is 1. The Balaban J connectivity index is 2.00. The summed E-state index contributed by atoms with van der Waals surface area (Å²) in [5.41, 5.74) is 0.975. The molecule has 2 rings (SSSR count). The van der Waals surface area contributed by atoms with E-state index < -0.39 is 22.4 Å². The second kappa shape index (κ2) is 8.66. The first-order valence-corrected chi connectivity index (χ1v) is 10.8. The maximum Gasteiger partial charge on any atom is 0.342 e. The second-order valence-corrected chi connectivity index (χ2v) is 9.15. The summed E-state index contributed by atoms with van der Waals surface area (Å²) in [5, 5.41) is 6.62. The van der Waals surface area contributed by atoms with Crippen molar-refractivity contribution in [2.24, 2.45) is 0 Å². The third-order valence-corrected chi connectivity index (χ3v) is 6.27. The zero-order valence-electron chi connectivity index (χ0n) is 15.5. The Kier molecular flexibility index (Phi) is 6.80. The van der Waals surface area contributed by atoms with Gasteiger partial charge in [0, 0.05) is 12.6 Å². The highest BCUT2D eigenvalue weighted by Gasteiger charge is 2.34. The Hall–Kier alpha value is -1.90. The first kappa shape index (κ1) is 20.4. The molecule has 0 aromatic carbocycles. The van der Waals surface area contributed by atoms with Crippen LogP contribution in [-0.4, -0.2) is 66.1 Å². The van der Waals surface area contributed by atoms with Gasteiger partial charge >= 0.3 is 5.97 Å². The maximum absolute atomic E-state index is 12.6. The van der Waals surface area contributed by atoms with Crippen molar-refractivity contribution in [3.05, 3.63) is 17.5 Å². The van der Waals surface area contributed by atoms with Crippen LogP contribution >= 0.6 is 0 Å². The minimum atomic E-state index is -3.09. The van der Waals surface area contributed by atoms with Crippen LogP contribution in [0.4, 0.5) is 0 Å². The average molecular weight is 385 g/mol. The number of H-pyrrole nitrogens is 1. The highest BCUT2D eigenvalue weighted by Crippen LogP contribution is 2.20. The molecule has 0 saturated carbocycles. The third kappa shape index (κ3) is 5.06. The zero-order chi connectivity index (χ0) is 19.3. The monoisotopic (exact) mass is 385 g/mol. The maximum atomic E-state index is 12.6. The lowest BCUT2D eigenvalue weighted by Gasteiger charge is -2.28. The van der Waals surface area contributed by atoms with E-state index in [0.717, 1.165) is 12.8 Å². The van der Waals surface area contributed by atoms with E-state index in [1.54, 1.807) is 4.90 Å². The van der Waals surface area contributed by atoms with Crippen LogP contribution in [0.5, 0.6) is 0 Å². The van der Waals surface area contributed by atoms with Crippen molar-refractivity contribution in [3.8, 4) is 0 Å². The molecule has 1 aliphatic rings. The van der Waals surface area contributed by atoms with Gasteiger partial charge in [0.1, 0.15) is 5.56 Å². The van der Waals surface area contributed by atoms with E-state index in [4.69, 9.17) is 4.74 Å². The molecule has 1 aromatic heterocycles. The van der Waals surface area contributed by atoms with Crippen LogP contribution in [0.25, 0.3) is 0 Å². The third-order valence-electron chi connectivity index (χ3n) is 4.51. The second-order valence-electron chi connectivity index (χ2n) is 6.93. The SMILES string of the molecule is CCCCN(C(=O)COC(=O)c1cn[nH]c1C(C)C)C1CCS(=O)(=O)C1. The number of nitrogens with zero attached hydrogens (tertiary/aromatic N) is 2. The van der Waals surface area contributed by atoms with Gasteiger partial charge in [-0.15, -0.1) is 0 Å². The summed E-state index contributed by atoms with van der Waals surface area (Å²) in [7, 11) is -3.09. The minimum absolute atomic E-state index is 0.0182. The van der Waals surface area contributed by atoms with Crippen molar-refractivity contribution < 1.29 is 22.7 Å². The summed E-state index contributed by atoms with van der Waals surface area (Å²) in [6, 6.07) is -0.335. The summed E-state index contributed by atoms with van der Waals surface area (Å²) in [6.45, 7) is 5.91. The molecule has 0 spiro atoms. The first-order valence-electron chi connectivity index (χ1n) is 8.95. The molecule has 0 aliphatic carbocycles. The van der Waals surface area contributed by atoms with E-state index in [1.807, 2.05) is 20.8 Å². The molecule has 1 fully saturated rings. The lowest BCUT2D eigenvalue weighted by atomic mass is 10.1. The van der Waals surface area contributed by atoms with Gasteiger partial charge < -0.3 is 9.64 Å². The van der Waals surface area contributed by atoms with Gasteiger partial charge in [-0.1, -0.05) is 27.2 Å². The molecular weight excluding hydrogens is 358 g/mol. The summed E-state index contributed by atoms with van der Waals surface area (Å²) < 4.78 is 28.6. The number of aromatic amines is 1. The Morgan fingerprint density at radius 3 is 2.73 bits per heavy atom. The van der Waals surface area contributed by atoms with Crippen LogP contribution in [0.15, 0.2) is 6.20 Å². The largest absolute Gasteiger partial charge is 0.452 e. The number of ether oxygens (including phenoxy) is 1. The Bertz CT molecular complexity index is 741. The van der Waals surface area contributed by atoms with E-state index in [0.29, 0.717) is 24.2 Å². The van der Waals surface area contributed by atoms with Gasteiger partial charge in [-0.3, -0.25) is 9.89 Å². The lowest BCUT2D eigenvalue weighted by Crippen LogP contribution is -2.43. The number of esters is 1. The van der Waals surface area contributed by atoms with Gasteiger partial charge in [-0.25, -0.2) is 13.2 Å².